The summed E-state index contributed by atoms with van der Waals surface area (Å²) in [6.07, 6.45) is 2.08. The lowest BCUT2D eigenvalue weighted by Gasteiger charge is -2.10. The first kappa shape index (κ1) is 17.5. The van der Waals surface area contributed by atoms with Crippen molar-refractivity contribution >= 4 is 11.6 Å². The van der Waals surface area contributed by atoms with Crippen LogP contribution in [0.2, 0.25) is 0 Å². The van der Waals surface area contributed by atoms with Gasteiger partial charge < -0.3 is 14.3 Å². The van der Waals surface area contributed by atoms with Gasteiger partial charge in [0.15, 0.2) is 0 Å². The number of carbonyl (C=O) groups excluding carboxylic acids is 1. The number of nitrogens with zero attached hydrogens (tertiary/aromatic N) is 3. The van der Waals surface area contributed by atoms with Gasteiger partial charge >= 0.3 is 0 Å². The fourth-order valence-corrected chi connectivity index (χ4v) is 2.37. The lowest BCUT2D eigenvalue weighted by Crippen LogP contribution is -2.27. The number of amides is 1. The number of rotatable bonds is 5. The van der Waals surface area contributed by atoms with Gasteiger partial charge in [-0.1, -0.05) is 13.0 Å². The molecule has 2 aromatic heterocycles. The van der Waals surface area contributed by atoms with Gasteiger partial charge in [-0.3, -0.25) is 9.59 Å². The highest BCUT2D eigenvalue weighted by Gasteiger charge is 2.12. The number of pyridine rings is 1. The number of aromatic nitrogens is 3. The standard InChI is InChI=1S/C18H17FN4O3/c1-3-16-21-22-18(26-16)12-5-7-17(25)23(9-12)10-15(24)20-14-8-13(19)6-4-11(14)2/h4-9H,3,10H2,1-2H3,(H,20,24). The van der Waals surface area contributed by atoms with Crippen molar-refractivity contribution in [3.05, 3.63) is 64.2 Å². The zero-order valence-corrected chi connectivity index (χ0v) is 14.3. The van der Waals surface area contributed by atoms with Gasteiger partial charge in [-0.15, -0.1) is 10.2 Å². The minimum atomic E-state index is -0.451. The van der Waals surface area contributed by atoms with Crippen LogP contribution in [0.15, 0.2) is 45.7 Å². The number of anilines is 1. The molecule has 3 aromatic rings. The van der Waals surface area contributed by atoms with Crippen LogP contribution in [0.25, 0.3) is 11.5 Å². The number of benzene rings is 1. The van der Waals surface area contributed by atoms with Crippen molar-refractivity contribution < 1.29 is 13.6 Å². The second kappa shape index (κ2) is 7.30. The average molecular weight is 356 g/mol. The molecule has 3 rings (SSSR count). The van der Waals surface area contributed by atoms with E-state index in [0.717, 1.165) is 5.56 Å². The maximum Gasteiger partial charge on any atom is 0.251 e. The predicted molar refractivity (Wildman–Crippen MR) is 93.1 cm³/mol. The Morgan fingerprint density at radius 1 is 1.27 bits per heavy atom. The molecule has 134 valence electrons. The summed E-state index contributed by atoms with van der Waals surface area (Å²) >= 11 is 0. The third-order valence-electron chi connectivity index (χ3n) is 3.79. The van der Waals surface area contributed by atoms with Crippen LogP contribution in [0.4, 0.5) is 10.1 Å². The van der Waals surface area contributed by atoms with E-state index in [1.165, 1.54) is 29.0 Å². The second-order valence-electron chi connectivity index (χ2n) is 5.75. The summed E-state index contributed by atoms with van der Waals surface area (Å²) in [5.74, 6) is -0.139. The third kappa shape index (κ3) is 3.85. The van der Waals surface area contributed by atoms with Crippen molar-refractivity contribution in [1.29, 1.82) is 0 Å². The first-order valence-corrected chi connectivity index (χ1v) is 8.05. The number of hydrogen-bond donors (Lipinski definition) is 1. The van der Waals surface area contributed by atoms with Gasteiger partial charge in [0, 0.05) is 24.4 Å². The minimum absolute atomic E-state index is 0.225. The van der Waals surface area contributed by atoms with Crippen LogP contribution in [0, 0.1) is 12.7 Å². The van der Waals surface area contributed by atoms with Crippen LogP contribution >= 0.6 is 0 Å². The van der Waals surface area contributed by atoms with Gasteiger partial charge in [0.05, 0.1) is 5.56 Å². The van der Waals surface area contributed by atoms with Crippen molar-refractivity contribution in [3.8, 4) is 11.5 Å². The molecule has 26 heavy (non-hydrogen) atoms. The Kier molecular flexibility index (Phi) is 4.92. The Hall–Kier alpha value is -3.29. The molecule has 0 bridgehead atoms. The van der Waals surface area contributed by atoms with Crippen molar-refractivity contribution in [2.24, 2.45) is 0 Å². The van der Waals surface area contributed by atoms with Gasteiger partial charge in [-0.05, 0) is 30.7 Å². The molecule has 0 aliphatic rings. The maximum atomic E-state index is 13.3. The number of carbonyl (C=O) groups is 1. The van der Waals surface area contributed by atoms with Crippen LogP contribution in [0.1, 0.15) is 18.4 Å². The van der Waals surface area contributed by atoms with Crippen LogP contribution in [-0.2, 0) is 17.8 Å². The van der Waals surface area contributed by atoms with E-state index < -0.39 is 11.7 Å². The monoisotopic (exact) mass is 356 g/mol. The Bertz CT molecular complexity index is 1010. The largest absolute Gasteiger partial charge is 0.421 e. The molecule has 0 saturated heterocycles. The summed E-state index contributed by atoms with van der Waals surface area (Å²) in [6, 6.07) is 7.00. The first-order valence-electron chi connectivity index (χ1n) is 8.05. The van der Waals surface area contributed by atoms with E-state index in [1.807, 2.05) is 6.92 Å². The smallest absolute Gasteiger partial charge is 0.251 e. The van der Waals surface area contributed by atoms with Gasteiger partial charge in [0.1, 0.15) is 12.4 Å². The summed E-state index contributed by atoms with van der Waals surface area (Å²) in [7, 11) is 0. The summed E-state index contributed by atoms with van der Waals surface area (Å²) < 4.78 is 20.0. The van der Waals surface area contributed by atoms with Gasteiger partial charge in [0.25, 0.3) is 5.56 Å². The van der Waals surface area contributed by atoms with E-state index in [0.29, 0.717) is 23.6 Å². The summed E-state index contributed by atoms with van der Waals surface area (Å²) in [4.78, 5) is 24.3. The van der Waals surface area contributed by atoms with E-state index in [4.69, 9.17) is 4.42 Å². The molecule has 0 saturated carbocycles. The number of hydrogen-bond acceptors (Lipinski definition) is 5. The molecule has 1 amide bonds. The molecular formula is C18H17FN4O3. The molecule has 1 aromatic carbocycles. The third-order valence-corrected chi connectivity index (χ3v) is 3.79. The quantitative estimate of drug-likeness (QED) is 0.759. The van der Waals surface area contributed by atoms with Crippen LogP contribution in [0.5, 0.6) is 0 Å². The number of aryl methyl sites for hydroxylation is 2. The van der Waals surface area contributed by atoms with E-state index in [-0.39, 0.29) is 18.0 Å². The number of nitrogens with one attached hydrogen (secondary N) is 1. The SMILES string of the molecule is CCc1nnc(-c2ccc(=O)n(CC(=O)Nc3cc(F)ccc3C)c2)o1. The Labute approximate surface area is 148 Å². The van der Waals surface area contributed by atoms with Crippen molar-refractivity contribution in [2.75, 3.05) is 5.32 Å². The fraction of sp³-hybridized carbons (Fsp3) is 0.222. The molecule has 0 atom stereocenters. The van der Waals surface area contributed by atoms with Gasteiger partial charge in [0.2, 0.25) is 17.7 Å². The van der Waals surface area contributed by atoms with E-state index in [2.05, 4.69) is 15.5 Å². The van der Waals surface area contributed by atoms with Gasteiger partial charge in [-0.2, -0.15) is 0 Å². The van der Waals surface area contributed by atoms with E-state index in [9.17, 15) is 14.0 Å². The number of halogens is 1. The fourth-order valence-electron chi connectivity index (χ4n) is 2.37. The topological polar surface area (TPSA) is 90.0 Å². The Morgan fingerprint density at radius 3 is 2.81 bits per heavy atom. The predicted octanol–water partition coefficient (Wildman–Crippen LogP) is 2.55. The molecule has 2 heterocycles. The van der Waals surface area contributed by atoms with E-state index in [1.54, 1.807) is 19.1 Å². The lowest BCUT2D eigenvalue weighted by molar-refractivity contribution is -0.116. The summed E-state index contributed by atoms with van der Waals surface area (Å²) in [5, 5.41) is 10.4. The molecule has 8 heteroatoms. The van der Waals surface area contributed by atoms with Crippen LogP contribution in [-0.4, -0.2) is 20.7 Å². The van der Waals surface area contributed by atoms with Crippen molar-refractivity contribution in [3.63, 3.8) is 0 Å². The Morgan fingerprint density at radius 2 is 2.08 bits per heavy atom. The molecule has 0 spiro atoms. The lowest BCUT2D eigenvalue weighted by atomic mass is 10.2. The maximum absolute atomic E-state index is 13.3. The highest BCUT2D eigenvalue weighted by molar-refractivity contribution is 5.91. The molecule has 1 N–H and O–H groups in total. The van der Waals surface area contributed by atoms with Crippen molar-refractivity contribution in [2.45, 2.75) is 26.8 Å². The molecular weight excluding hydrogens is 339 g/mol. The highest BCUT2D eigenvalue weighted by atomic mass is 19.1. The average Bonchev–Trinajstić information content (AvgIpc) is 3.09. The normalized spacial score (nSPS) is 10.7. The molecule has 0 aliphatic heterocycles. The van der Waals surface area contributed by atoms with Crippen LogP contribution in [0.3, 0.4) is 0 Å². The Balaban J connectivity index is 1.80. The zero-order chi connectivity index (χ0) is 18.7. The van der Waals surface area contributed by atoms with E-state index >= 15 is 0 Å². The van der Waals surface area contributed by atoms with Gasteiger partial charge in [-0.25, -0.2) is 4.39 Å². The molecule has 0 unspecified atom stereocenters. The van der Waals surface area contributed by atoms with Crippen molar-refractivity contribution in [1.82, 2.24) is 14.8 Å². The summed E-state index contributed by atoms with van der Waals surface area (Å²) in [6.45, 7) is 3.41. The summed E-state index contributed by atoms with van der Waals surface area (Å²) in [5.41, 5.74) is 1.27. The molecule has 0 aliphatic carbocycles. The molecule has 7 nitrogen and oxygen atoms in total. The van der Waals surface area contributed by atoms with Crippen LogP contribution < -0.4 is 10.9 Å². The minimum Gasteiger partial charge on any atom is -0.421 e. The zero-order valence-electron chi connectivity index (χ0n) is 14.3. The molecule has 0 radical (unpaired) electrons. The molecule has 0 fully saturated rings. The second-order valence-corrected chi connectivity index (χ2v) is 5.75. The highest BCUT2D eigenvalue weighted by Crippen LogP contribution is 2.17. The first-order chi connectivity index (χ1) is 12.5.